The lowest BCUT2D eigenvalue weighted by atomic mass is 10.0. The number of carbonyl (C=O) groups is 1. The minimum absolute atomic E-state index is 0.0384. The van der Waals surface area contributed by atoms with Gasteiger partial charge in [0.1, 0.15) is 0 Å². The molecular weight excluding hydrogens is 347 g/mol. The van der Waals surface area contributed by atoms with Crippen molar-refractivity contribution in [3.05, 3.63) is 33.8 Å². The van der Waals surface area contributed by atoms with Crippen LogP contribution in [0.25, 0.3) is 0 Å². The Labute approximate surface area is 129 Å². The first-order chi connectivity index (χ1) is 9.82. The maximum absolute atomic E-state index is 12.7. The average Bonchev–Trinajstić information content (AvgIpc) is 3.25. The summed E-state index contributed by atoms with van der Waals surface area (Å²) in [6.45, 7) is 0.569. The summed E-state index contributed by atoms with van der Waals surface area (Å²) in [6.07, 6.45) is 0.205. The zero-order valence-electron chi connectivity index (χ0n) is 11.3. The summed E-state index contributed by atoms with van der Waals surface area (Å²) in [5, 5.41) is 2.81. The highest BCUT2D eigenvalue weighted by Gasteiger charge is 2.53. The van der Waals surface area contributed by atoms with Gasteiger partial charge >= 0.3 is 6.18 Å². The lowest BCUT2D eigenvalue weighted by Crippen LogP contribution is -2.31. The minimum atomic E-state index is -4.44. The van der Waals surface area contributed by atoms with E-state index in [-0.39, 0.29) is 11.0 Å². The fourth-order valence-corrected chi connectivity index (χ4v) is 3.24. The summed E-state index contributed by atoms with van der Waals surface area (Å²) >= 11 is 3.15. The van der Waals surface area contributed by atoms with Gasteiger partial charge in [0.2, 0.25) is 0 Å². The summed E-state index contributed by atoms with van der Waals surface area (Å²) in [4.78, 5) is 12.2. The Morgan fingerprint density at radius 1 is 1.33 bits per heavy atom. The van der Waals surface area contributed by atoms with Gasteiger partial charge in [-0.15, -0.1) is 0 Å². The molecule has 1 N–H and O–H groups in total. The summed E-state index contributed by atoms with van der Waals surface area (Å²) in [6, 6.07) is 3.13. The molecule has 0 atom stereocenters. The second-order valence-corrected chi connectivity index (χ2v) is 6.87. The molecule has 3 rings (SSSR count). The highest BCUT2D eigenvalue weighted by atomic mass is 79.9. The van der Waals surface area contributed by atoms with Crippen LogP contribution in [0.5, 0.6) is 0 Å². The Balaban J connectivity index is 1.71. The van der Waals surface area contributed by atoms with Gasteiger partial charge in [0, 0.05) is 11.0 Å². The number of hydrogen-bond acceptors (Lipinski definition) is 1. The van der Waals surface area contributed by atoms with Gasteiger partial charge in [-0.3, -0.25) is 4.79 Å². The van der Waals surface area contributed by atoms with Gasteiger partial charge in [0.25, 0.3) is 5.91 Å². The molecule has 1 aromatic carbocycles. The zero-order valence-corrected chi connectivity index (χ0v) is 12.9. The van der Waals surface area contributed by atoms with E-state index in [1.54, 1.807) is 0 Å². The van der Waals surface area contributed by atoms with Crippen molar-refractivity contribution in [3.8, 4) is 0 Å². The van der Waals surface area contributed by atoms with E-state index >= 15 is 0 Å². The Bertz CT molecular complexity index is 577. The lowest BCUT2D eigenvalue weighted by molar-refractivity contribution is -0.137. The van der Waals surface area contributed by atoms with E-state index in [9.17, 15) is 18.0 Å². The summed E-state index contributed by atoms with van der Waals surface area (Å²) in [7, 11) is 0. The molecule has 0 aromatic heterocycles. The topological polar surface area (TPSA) is 29.1 Å². The largest absolute Gasteiger partial charge is 0.416 e. The van der Waals surface area contributed by atoms with Gasteiger partial charge in [0.05, 0.1) is 11.1 Å². The van der Waals surface area contributed by atoms with Crippen molar-refractivity contribution in [2.24, 2.45) is 11.3 Å². The van der Waals surface area contributed by atoms with E-state index in [2.05, 4.69) is 21.2 Å². The normalized spacial score (nSPS) is 20.2. The molecule has 0 spiro atoms. The first kappa shape index (κ1) is 14.9. The average molecular weight is 362 g/mol. The molecule has 0 bridgehead atoms. The molecule has 6 heteroatoms. The van der Waals surface area contributed by atoms with Crippen molar-refractivity contribution in [3.63, 3.8) is 0 Å². The van der Waals surface area contributed by atoms with E-state index < -0.39 is 17.6 Å². The first-order valence-corrected chi connectivity index (χ1v) is 7.76. The van der Waals surface area contributed by atoms with E-state index in [0.717, 1.165) is 25.0 Å². The van der Waals surface area contributed by atoms with Crippen LogP contribution in [-0.4, -0.2) is 12.5 Å². The van der Waals surface area contributed by atoms with Gasteiger partial charge in [-0.2, -0.15) is 13.2 Å². The summed E-state index contributed by atoms with van der Waals surface area (Å²) < 4.78 is 38.5. The van der Waals surface area contributed by atoms with E-state index in [4.69, 9.17) is 0 Å². The number of nitrogens with one attached hydrogen (secondary N) is 1. The maximum atomic E-state index is 12.7. The number of benzene rings is 1. The number of amides is 1. The number of rotatable bonds is 4. The van der Waals surface area contributed by atoms with E-state index in [1.165, 1.54) is 18.9 Å². The zero-order chi connectivity index (χ0) is 15.3. The third kappa shape index (κ3) is 3.10. The molecule has 2 saturated carbocycles. The van der Waals surface area contributed by atoms with Crippen LogP contribution in [0.3, 0.4) is 0 Å². The Morgan fingerprint density at radius 3 is 2.52 bits per heavy atom. The fourth-order valence-electron chi connectivity index (χ4n) is 2.81. The van der Waals surface area contributed by atoms with Gasteiger partial charge in [-0.1, -0.05) is 0 Å². The Hall–Kier alpha value is -1.04. The molecule has 2 nitrogen and oxygen atoms in total. The van der Waals surface area contributed by atoms with Crippen molar-refractivity contribution in [2.75, 3.05) is 6.54 Å². The number of halogens is 4. The van der Waals surface area contributed by atoms with Crippen molar-refractivity contribution in [1.29, 1.82) is 0 Å². The second kappa shape index (κ2) is 5.00. The molecule has 21 heavy (non-hydrogen) atoms. The molecule has 0 aliphatic heterocycles. The Morgan fingerprint density at radius 2 is 2.00 bits per heavy atom. The van der Waals surface area contributed by atoms with Crippen molar-refractivity contribution in [2.45, 2.75) is 31.9 Å². The van der Waals surface area contributed by atoms with Gasteiger partial charge in [-0.25, -0.2) is 0 Å². The van der Waals surface area contributed by atoms with Gasteiger partial charge < -0.3 is 5.32 Å². The molecule has 0 radical (unpaired) electrons. The molecule has 0 saturated heterocycles. The van der Waals surface area contributed by atoms with Crippen LogP contribution in [0.1, 0.15) is 41.6 Å². The van der Waals surface area contributed by atoms with Crippen LogP contribution < -0.4 is 5.32 Å². The van der Waals surface area contributed by atoms with E-state index in [0.29, 0.717) is 16.9 Å². The maximum Gasteiger partial charge on any atom is 0.416 e. The summed E-state index contributed by atoms with van der Waals surface area (Å²) in [5.41, 5.74) is -0.542. The van der Waals surface area contributed by atoms with Gasteiger partial charge in [-0.05, 0) is 71.1 Å². The van der Waals surface area contributed by atoms with Crippen LogP contribution in [0, 0.1) is 11.3 Å². The lowest BCUT2D eigenvalue weighted by Gasteiger charge is -2.16. The number of hydrogen-bond donors (Lipinski definition) is 1. The molecule has 2 fully saturated rings. The molecule has 2 aliphatic carbocycles. The first-order valence-electron chi connectivity index (χ1n) is 6.97. The highest BCUT2D eigenvalue weighted by molar-refractivity contribution is 9.10. The standard InChI is InChI=1S/C15H15BrF3NO/c16-12-4-3-10(15(17,18)19)7-11(12)13(21)20-8-14(5-6-14)9-1-2-9/h3-4,7,9H,1-2,5-6,8H2,(H,20,21). The van der Waals surface area contributed by atoms with Crippen molar-refractivity contribution >= 4 is 21.8 Å². The van der Waals surface area contributed by atoms with Crippen LogP contribution in [0.15, 0.2) is 22.7 Å². The molecule has 2 aliphatic rings. The monoisotopic (exact) mass is 361 g/mol. The van der Waals surface area contributed by atoms with Gasteiger partial charge in [0.15, 0.2) is 0 Å². The highest BCUT2D eigenvalue weighted by Crippen LogP contribution is 2.60. The smallest absolute Gasteiger partial charge is 0.351 e. The van der Waals surface area contributed by atoms with E-state index in [1.807, 2.05) is 0 Å². The molecule has 0 unspecified atom stereocenters. The van der Waals surface area contributed by atoms with Crippen molar-refractivity contribution < 1.29 is 18.0 Å². The fraction of sp³-hybridized carbons (Fsp3) is 0.533. The third-order valence-electron chi connectivity index (χ3n) is 4.47. The van der Waals surface area contributed by atoms with Crippen LogP contribution in [0.4, 0.5) is 13.2 Å². The predicted molar refractivity (Wildman–Crippen MR) is 75.9 cm³/mol. The Kier molecular flexibility index (Phi) is 3.55. The quantitative estimate of drug-likeness (QED) is 0.846. The summed E-state index contributed by atoms with van der Waals surface area (Å²) in [5.74, 6) is 0.252. The van der Waals surface area contributed by atoms with Crippen LogP contribution in [-0.2, 0) is 6.18 Å². The molecule has 1 aromatic rings. The predicted octanol–water partition coefficient (Wildman–Crippen LogP) is 4.39. The molecular formula is C15H15BrF3NO. The molecule has 0 heterocycles. The second-order valence-electron chi connectivity index (χ2n) is 6.01. The van der Waals surface area contributed by atoms with Crippen LogP contribution in [0.2, 0.25) is 0 Å². The molecule has 114 valence electrons. The number of carbonyl (C=O) groups excluding carboxylic acids is 1. The van der Waals surface area contributed by atoms with Crippen LogP contribution >= 0.6 is 15.9 Å². The minimum Gasteiger partial charge on any atom is -0.351 e. The third-order valence-corrected chi connectivity index (χ3v) is 5.17. The molecule has 1 amide bonds. The van der Waals surface area contributed by atoms with Crippen molar-refractivity contribution in [1.82, 2.24) is 5.32 Å². The SMILES string of the molecule is O=C(NCC1(C2CC2)CC1)c1cc(C(F)(F)F)ccc1Br. The number of alkyl halides is 3.